The van der Waals surface area contributed by atoms with Crippen molar-refractivity contribution in [2.45, 2.75) is 6.54 Å². The van der Waals surface area contributed by atoms with Crippen LogP contribution in [0, 0.1) is 17.5 Å². The zero-order valence-electron chi connectivity index (χ0n) is 12.9. The van der Waals surface area contributed by atoms with E-state index in [2.05, 4.69) is 10.6 Å². The minimum absolute atomic E-state index is 0.387. The Morgan fingerprint density at radius 3 is 2.32 bits per heavy atom. The van der Waals surface area contributed by atoms with Crippen molar-refractivity contribution in [1.29, 1.82) is 0 Å². The molecule has 0 aliphatic rings. The molecule has 0 bridgehead atoms. The Balaban J connectivity index is 1.65. The Kier molecular flexibility index (Phi) is 4.74. The van der Waals surface area contributed by atoms with E-state index in [1.54, 1.807) is 36.6 Å². The van der Waals surface area contributed by atoms with Crippen LogP contribution in [0.15, 0.2) is 59.2 Å². The summed E-state index contributed by atoms with van der Waals surface area (Å²) >= 11 is 0. The smallest absolute Gasteiger partial charge is 0.258 e. The van der Waals surface area contributed by atoms with E-state index >= 15 is 0 Å². The number of hydrogen-bond donors (Lipinski definition) is 2. The second kappa shape index (κ2) is 7.12. The number of carbonyl (C=O) groups excluding carboxylic acids is 1. The minimum Gasteiger partial charge on any atom is -0.467 e. The number of hydrogen-bond acceptors (Lipinski definition) is 3. The Labute approximate surface area is 141 Å². The number of nitrogens with one attached hydrogen (secondary N) is 2. The van der Waals surface area contributed by atoms with Gasteiger partial charge < -0.3 is 15.1 Å². The molecule has 3 aromatic rings. The molecule has 25 heavy (non-hydrogen) atoms. The van der Waals surface area contributed by atoms with Gasteiger partial charge in [-0.05, 0) is 48.5 Å². The van der Waals surface area contributed by atoms with Crippen LogP contribution in [-0.2, 0) is 6.54 Å². The highest BCUT2D eigenvalue weighted by molar-refractivity contribution is 6.04. The molecule has 128 valence electrons. The maximum Gasteiger partial charge on any atom is 0.258 e. The summed E-state index contributed by atoms with van der Waals surface area (Å²) in [7, 11) is 0. The van der Waals surface area contributed by atoms with Gasteiger partial charge in [-0.3, -0.25) is 4.79 Å². The van der Waals surface area contributed by atoms with Gasteiger partial charge in [0, 0.05) is 11.4 Å². The van der Waals surface area contributed by atoms with E-state index in [1.807, 2.05) is 6.07 Å². The van der Waals surface area contributed by atoms with Gasteiger partial charge in [0.2, 0.25) is 0 Å². The lowest BCUT2D eigenvalue weighted by atomic mass is 10.1. The lowest BCUT2D eigenvalue weighted by Gasteiger charge is -2.09. The lowest BCUT2D eigenvalue weighted by molar-refractivity contribution is 0.102. The minimum atomic E-state index is -1.68. The topological polar surface area (TPSA) is 54.3 Å². The molecule has 7 heteroatoms. The standard InChI is InChI=1S/C18H13F3N2O2/c19-15-8-7-14(16(20)17(15)21)18(24)23-12-5-3-11(4-6-12)22-10-13-2-1-9-25-13/h1-9,22H,10H2,(H,23,24). The van der Waals surface area contributed by atoms with E-state index in [1.165, 1.54) is 0 Å². The van der Waals surface area contributed by atoms with E-state index in [0.29, 0.717) is 18.3 Å². The first-order chi connectivity index (χ1) is 12.0. The Morgan fingerprint density at radius 2 is 1.64 bits per heavy atom. The Morgan fingerprint density at radius 1 is 0.920 bits per heavy atom. The fourth-order valence-corrected chi connectivity index (χ4v) is 2.17. The first-order valence-corrected chi connectivity index (χ1v) is 7.36. The quantitative estimate of drug-likeness (QED) is 0.666. The third kappa shape index (κ3) is 3.82. The average molecular weight is 346 g/mol. The SMILES string of the molecule is O=C(Nc1ccc(NCc2ccco2)cc1)c1ccc(F)c(F)c1F. The molecular formula is C18H13F3N2O2. The molecule has 0 unspecified atom stereocenters. The van der Waals surface area contributed by atoms with Gasteiger partial charge >= 0.3 is 0 Å². The van der Waals surface area contributed by atoms with Gasteiger partial charge in [0.1, 0.15) is 5.76 Å². The summed E-state index contributed by atoms with van der Waals surface area (Å²) in [4.78, 5) is 12.0. The van der Waals surface area contributed by atoms with Crippen LogP contribution in [0.5, 0.6) is 0 Å². The summed E-state index contributed by atoms with van der Waals surface area (Å²) in [5, 5.41) is 5.55. The summed E-state index contributed by atoms with van der Waals surface area (Å²) in [5.74, 6) is -4.64. The number of rotatable bonds is 5. The highest BCUT2D eigenvalue weighted by Crippen LogP contribution is 2.19. The third-order valence-corrected chi connectivity index (χ3v) is 3.47. The van der Waals surface area contributed by atoms with Crippen molar-refractivity contribution in [3.63, 3.8) is 0 Å². The van der Waals surface area contributed by atoms with Crippen molar-refractivity contribution in [2.75, 3.05) is 10.6 Å². The highest BCUT2D eigenvalue weighted by atomic mass is 19.2. The molecule has 0 saturated carbocycles. The highest BCUT2D eigenvalue weighted by Gasteiger charge is 2.18. The molecule has 2 N–H and O–H groups in total. The van der Waals surface area contributed by atoms with E-state index in [-0.39, 0.29) is 0 Å². The molecular weight excluding hydrogens is 333 g/mol. The van der Waals surface area contributed by atoms with Gasteiger partial charge in [0.25, 0.3) is 5.91 Å². The van der Waals surface area contributed by atoms with Crippen molar-refractivity contribution in [2.24, 2.45) is 0 Å². The Bertz CT molecular complexity index is 878. The maximum absolute atomic E-state index is 13.6. The third-order valence-electron chi connectivity index (χ3n) is 3.47. The fraction of sp³-hybridized carbons (Fsp3) is 0.0556. The van der Waals surface area contributed by atoms with Gasteiger partial charge in [-0.25, -0.2) is 13.2 Å². The molecule has 1 amide bonds. The summed E-state index contributed by atoms with van der Waals surface area (Å²) in [5.41, 5.74) is 0.602. The van der Waals surface area contributed by atoms with Crippen molar-refractivity contribution in [3.05, 3.63) is 83.6 Å². The van der Waals surface area contributed by atoms with E-state index in [0.717, 1.165) is 17.5 Å². The molecule has 4 nitrogen and oxygen atoms in total. The van der Waals surface area contributed by atoms with Crippen molar-refractivity contribution in [3.8, 4) is 0 Å². The molecule has 0 saturated heterocycles. The summed E-state index contributed by atoms with van der Waals surface area (Å²) in [6.45, 7) is 0.499. The van der Waals surface area contributed by atoms with Crippen LogP contribution in [0.1, 0.15) is 16.1 Å². The molecule has 0 aliphatic heterocycles. The molecule has 2 aromatic carbocycles. The largest absolute Gasteiger partial charge is 0.467 e. The average Bonchev–Trinajstić information content (AvgIpc) is 3.12. The first kappa shape index (κ1) is 16.6. The van der Waals surface area contributed by atoms with Gasteiger partial charge in [0.15, 0.2) is 17.5 Å². The summed E-state index contributed by atoms with van der Waals surface area (Å²) < 4.78 is 44.9. The predicted molar refractivity (Wildman–Crippen MR) is 86.7 cm³/mol. The van der Waals surface area contributed by atoms with E-state index in [9.17, 15) is 18.0 Å². The first-order valence-electron chi connectivity index (χ1n) is 7.36. The molecule has 1 heterocycles. The van der Waals surface area contributed by atoms with Crippen LogP contribution in [0.2, 0.25) is 0 Å². The number of benzene rings is 2. The maximum atomic E-state index is 13.6. The van der Waals surface area contributed by atoms with Crippen molar-refractivity contribution in [1.82, 2.24) is 0 Å². The number of anilines is 2. The summed E-state index contributed by atoms with van der Waals surface area (Å²) in [6, 6.07) is 11.8. The number of halogens is 3. The molecule has 0 fully saturated rings. The van der Waals surface area contributed by atoms with Crippen LogP contribution in [0.3, 0.4) is 0 Å². The van der Waals surface area contributed by atoms with Crippen LogP contribution in [0.4, 0.5) is 24.5 Å². The molecule has 0 aliphatic carbocycles. The molecule has 0 atom stereocenters. The Hall–Kier alpha value is -3.22. The van der Waals surface area contributed by atoms with Crippen molar-refractivity contribution < 1.29 is 22.4 Å². The monoisotopic (exact) mass is 346 g/mol. The van der Waals surface area contributed by atoms with Crippen molar-refractivity contribution >= 4 is 17.3 Å². The van der Waals surface area contributed by atoms with Gasteiger partial charge in [-0.1, -0.05) is 0 Å². The molecule has 1 aromatic heterocycles. The van der Waals surface area contributed by atoms with E-state index in [4.69, 9.17) is 4.42 Å². The van der Waals surface area contributed by atoms with Crippen LogP contribution < -0.4 is 10.6 Å². The molecule has 0 radical (unpaired) electrons. The second-order valence-corrected chi connectivity index (χ2v) is 5.19. The van der Waals surface area contributed by atoms with Crippen LogP contribution >= 0.6 is 0 Å². The van der Waals surface area contributed by atoms with Gasteiger partial charge in [-0.2, -0.15) is 0 Å². The fourth-order valence-electron chi connectivity index (χ4n) is 2.17. The van der Waals surface area contributed by atoms with Crippen LogP contribution in [-0.4, -0.2) is 5.91 Å². The summed E-state index contributed by atoms with van der Waals surface area (Å²) in [6.07, 6.45) is 1.58. The number of carbonyl (C=O) groups is 1. The second-order valence-electron chi connectivity index (χ2n) is 5.19. The normalized spacial score (nSPS) is 10.5. The van der Waals surface area contributed by atoms with Gasteiger partial charge in [0.05, 0.1) is 18.4 Å². The van der Waals surface area contributed by atoms with Crippen LogP contribution in [0.25, 0.3) is 0 Å². The number of amides is 1. The molecule has 3 rings (SSSR count). The lowest BCUT2D eigenvalue weighted by Crippen LogP contribution is -2.15. The van der Waals surface area contributed by atoms with E-state index < -0.39 is 28.9 Å². The predicted octanol–water partition coefficient (Wildman–Crippen LogP) is 4.56. The van der Waals surface area contributed by atoms with Gasteiger partial charge in [-0.15, -0.1) is 0 Å². The zero-order chi connectivity index (χ0) is 17.8. The molecule has 0 spiro atoms. The number of furan rings is 1. The zero-order valence-corrected chi connectivity index (χ0v) is 12.9.